The molecule has 6 heteroatoms. The number of nitrogens with zero attached hydrogens (tertiary/aromatic N) is 1. The largest absolute Gasteiger partial charge is 0.454 e. The van der Waals surface area contributed by atoms with Gasteiger partial charge in [0.25, 0.3) is 0 Å². The fourth-order valence-electron chi connectivity index (χ4n) is 3.49. The Kier molecular flexibility index (Phi) is 5.84. The fourth-order valence-corrected chi connectivity index (χ4v) is 3.61. The first-order valence-electron chi connectivity index (χ1n) is 9.14. The molecule has 0 spiro atoms. The van der Waals surface area contributed by atoms with E-state index in [9.17, 15) is 14.4 Å². The van der Waals surface area contributed by atoms with E-state index < -0.39 is 18.0 Å². The van der Waals surface area contributed by atoms with Crippen LogP contribution in [0.4, 0.5) is 5.69 Å². The maximum Gasteiger partial charge on any atom is 0.312 e. The Hall–Kier alpha value is -2.66. The molecular formula is C22H22ClNO4. The summed E-state index contributed by atoms with van der Waals surface area (Å²) >= 11 is 5.83. The highest BCUT2D eigenvalue weighted by molar-refractivity contribution is 6.30. The van der Waals surface area contributed by atoms with Crippen LogP contribution in [0.1, 0.15) is 34.8 Å². The summed E-state index contributed by atoms with van der Waals surface area (Å²) in [5.74, 6) is -1.54. The van der Waals surface area contributed by atoms with E-state index in [0.717, 1.165) is 16.8 Å². The lowest BCUT2D eigenvalue weighted by Gasteiger charge is -2.21. The molecule has 2 aromatic carbocycles. The predicted octanol–water partition coefficient (Wildman–Crippen LogP) is 4.12. The van der Waals surface area contributed by atoms with Crippen molar-refractivity contribution in [3.63, 3.8) is 0 Å². The van der Waals surface area contributed by atoms with Gasteiger partial charge in [-0.15, -0.1) is 0 Å². The van der Waals surface area contributed by atoms with Crippen molar-refractivity contribution in [2.24, 2.45) is 5.92 Å². The summed E-state index contributed by atoms with van der Waals surface area (Å²) < 4.78 is 5.37. The number of ketones is 1. The van der Waals surface area contributed by atoms with Crippen molar-refractivity contribution in [3.05, 3.63) is 64.2 Å². The zero-order valence-electron chi connectivity index (χ0n) is 16.1. The summed E-state index contributed by atoms with van der Waals surface area (Å²) in [5.41, 5.74) is 3.22. The standard InChI is InChI=1S/C22H22ClNO4/c1-13-5-4-6-14(2)20(13)24-12-17(11-19(24)25)22(27)28-15(3)21(26)16-7-9-18(23)10-8-16/h4-10,15,17H,11-12H2,1-3H3/t15-,17+/m0/s1. The SMILES string of the molecule is Cc1cccc(C)c1N1C[C@H](C(=O)O[C@@H](C)C(=O)c2ccc(Cl)cc2)CC1=O. The lowest BCUT2D eigenvalue weighted by molar-refractivity contribution is -0.151. The molecule has 0 aliphatic carbocycles. The van der Waals surface area contributed by atoms with Crippen molar-refractivity contribution in [1.29, 1.82) is 0 Å². The second-order valence-corrected chi connectivity index (χ2v) is 7.53. The summed E-state index contributed by atoms with van der Waals surface area (Å²) in [6.45, 7) is 5.67. The fraction of sp³-hybridized carbons (Fsp3) is 0.318. The zero-order valence-corrected chi connectivity index (χ0v) is 16.8. The minimum absolute atomic E-state index is 0.0778. The molecule has 2 aromatic rings. The van der Waals surface area contributed by atoms with Gasteiger partial charge in [-0.05, 0) is 56.2 Å². The Morgan fingerprint density at radius 2 is 1.71 bits per heavy atom. The number of benzene rings is 2. The number of carbonyl (C=O) groups is 3. The number of ether oxygens (including phenoxy) is 1. The van der Waals surface area contributed by atoms with Gasteiger partial charge in [-0.2, -0.15) is 0 Å². The minimum Gasteiger partial charge on any atom is -0.454 e. The van der Waals surface area contributed by atoms with Gasteiger partial charge >= 0.3 is 5.97 Å². The van der Waals surface area contributed by atoms with Crippen LogP contribution < -0.4 is 4.90 Å². The first-order chi connectivity index (χ1) is 13.3. The monoisotopic (exact) mass is 399 g/mol. The second-order valence-electron chi connectivity index (χ2n) is 7.10. The first kappa shape index (κ1) is 20.1. The summed E-state index contributed by atoms with van der Waals surface area (Å²) in [6, 6.07) is 12.2. The molecule has 1 heterocycles. The Labute approximate surface area is 169 Å². The normalized spacial score (nSPS) is 17.5. The average molecular weight is 400 g/mol. The van der Waals surface area contributed by atoms with Crippen molar-refractivity contribution < 1.29 is 19.1 Å². The van der Waals surface area contributed by atoms with Crippen LogP contribution >= 0.6 is 11.6 Å². The second kappa shape index (κ2) is 8.15. The molecule has 0 bridgehead atoms. The number of Topliss-reactive ketones (excluding diaryl/α,β-unsaturated/α-hetero) is 1. The molecule has 0 N–H and O–H groups in total. The zero-order chi connectivity index (χ0) is 20.4. The van der Waals surface area contributed by atoms with E-state index in [1.807, 2.05) is 32.0 Å². The number of carbonyl (C=O) groups excluding carboxylic acids is 3. The molecule has 1 aliphatic rings. The highest BCUT2D eigenvalue weighted by atomic mass is 35.5. The van der Waals surface area contributed by atoms with Crippen LogP contribution in [-0.4, -0.2) is 30.3 Å². The first-order valence-corrected chi connectivity index (χ1v) is 9.52. The van der Waals surface area contributed by atoms with Crippen molar-refractivity contribution in [3.8, 4) is 0 Å². The van der Waals surface area contributed by atoms with Crippen LogP contribution in [0.2, 0.25) is 5.02 Å². The number of halogens is 1. The molecule has 1 saturated heterocycles. The molecule has 3 rings (SSSR count). The summed E-state index contributed by atoms with van der Waals surface area (Å²) in [5, 5.41) is 0.525. The molecule has 1 amide bonds. The van der Waals surface area contributed by atoms with E-state index in [1.165, 1.54) is 6.92 Å². The van der Waals surface area contributed by atoms with E-state index in [0.29, 0.717) is 10.6 Å². The number of aryl methyl sites for hydroxylation is 2. The Morgan fingerprint density at radius 1 is 1.11 bits per heavy atom. The van der Waals surface area contributed by atoms with Gasteiger partial charge < -0.3 is 9.64 Å². The van der Waals surface area contributed by atoms with E-state index in [4.69, 9.17) is 16.3 Å². The quantitative estimate of drug-likeness (QED) is 0.560. The molecule has 28 heavy (non-hydrogen) atoms. The molecular weight excluding hydrogens is 378 g/mol. The van der Waals surface area contributed by atoms with Gasteiger partial charge in [0, 0.05) is 29.2 Å². The Morgan fingerprint density at radius 3 is 2.32 bits per heavy atom. The molecule has 2 atom stereocenters. The van der Waals surface area contributed by atoms with Crippen molar-refractivity contribution in [2.75, 3.05) is 11.4 Å². The van der Waals surface area contributed by atoms with Crippen LogP contribution in [0, 0.1) is 19.8 Å². The third kappa shape index (κ3) is 4.09. The summed E-state index contributed by atoms with van der Waals surface area (Å²) in [6.07, 6.45) is -0.855. The van der Waals surface area contributed by atoms with Crippen molar-refractivity contribution >= 4 is 34.9 Å². The highest BCUT2D eigenvalue weighted by Gasteiger charge is 2.38. The van der Waals surface area contributed by atoms with Crippen LogP contribution in [0.5, 0.6) is 0 Å². The van der Waals surface area contributed by atoms with Crippen LogP contribution in [-0.2, 0) is 14.3 Å². The van der Waals surface area contributed by atoms with Gasteiger partial charge in [0.2, 0.25) is 11.7 Å². The maximum absolute atomic E-state index is 12.6. The number of rotatable bonds is 5. The number of para-hydroxylation sites is 1. The van der Waals surface area contributed by atoms with Crippen LogP contribution in [0.3, 0.4) is 0 Å². The number of amides is 1. The topological polar surface area (TPSA) is 63.7 Å². The highest BCUT2D eigenvalue weighted by Crippen LogP contribution is 2.31. The molecule has 5 nitrogen and oxygen atoms in total. The van der Waals surface area contributed by atoms with E-state index in [-0.39, 0.29) is 24.7 Å². The van der Waals surface area contributed by atoms with Gasteiger partial charge in [0.1, 0.15) is 0 Å². The number of hydrogen-bond donors (Lipinski definition) is 0. The molecule has 0 unspecified atom stereocenters. The maximum atomic E-state index is 12.6. The number of esters is 1. The molecule has 0 radical (unpaired) electrons. The van der Waals surface area contributed by atoms with Crippen LogP contribution in [0.25, 0.3) is 0 Å². The van der Waals surface area contributed by atoms with E-state index in [2.05, 4.69) is 0 Å². The van der Waals surface area contributed by atoms with Gasteiger partial charge in [-0.3, -0.25) is 14.4 Å². The van der Waals surface area contributed by atoms with Crippen LogP contribution in [0.15, 0.2) is 42.5 Å². The lowest BCUT2D eigenvalue weighted by atomic mass is 10.1. The number of hydrogen-bond acceptors (Lipinski definition) is 4. The Balaban J connectivity index is 1.67. The van der Waals surface area contributed by atoms with Gasteiger partial charge in [-0.1, -0.05) is 29.8 Å². The third-order valence-corrected chi connectivity index (χ3v) is 5.21. The molecule has 0 saturated carbocycles. The lowest BCUT2D eigenvalue weighted by Crippen LogP contribution is -2.31. The Bertz CT molecular complexity index is 902. The minimum atomic E-state index is -0.932. The third-order valence-electron chi connectivity index (χ3n) is 4.96. The van der Waals surface area contributed by atoms with Gasteiger partial charge in [-0.25, -0.2) is 0 Å². The molecule has 1 fully saturated rings. The summed E-state index contributed by atoms with van der Waals surface area (Å²) in [7, 11) is 0. The molecule has 0 aromatic heterocycles. The predicted molar refractivity (Wildman–Crippen MR) is 108 cm³/mol. The van der Waals surface area contributed by atoms with E-state index >= 15 is 0 Å². The number of anilines is 1. The van der Waals surface area contributed by atoms with Crippen molar-refractivity contribution in [2.45, 2.75) is 33.3 Å². The smallest absolute Gasteiger partial charge is 0.312 e. The van der Waals surface area contributed by atoms with Crippen molar-refractivity contribution in [1.82, 2.24) is 0 Å². The van der Waals surface area contributed by atoms with Gasteiger partial charge in [0.15, 0.2) is 6.10 Å². The molecule has 1 aliphatic heterocycles. The average Bonchev–Trinajstić information content (AvgIpc) is 3.03. The summed E-state index contributed by atoms with van der Waals surface area (Å²) in [4.78, 5) is 39.2. The molecule has 146 valence electrons. The van der Waals surface area contributed by atoms with E-state index in [1.54, 1.807) is 29.2 Å². The van der Waals surface area contributed by atoms with Gasteiger partial charge in [0.05, 0.1) is 5.92 Å².